The molecule has 2 unspecified atom stereocenters. The average Bonchev–Trinajstić information content (AvgIpc) is 2.02. The van der Waals surface area contributed by atoms with Crippen molar-refractivity contribution in [1.82, 2.24) is 0 Å². The molecule has 0 N–H and O–H groups in total. The van der Waals surface area contributed by atoms with Gasteiger partial charge in [-0.15, -0.1) is 0 Å². The van der Waals surface area contributed by atoms with Gasteiger partial charge in [-0.05, 0) is 31.6 Å². The van der Waals surface area contributed by atoms with Crippen LogP contribution in [0.1, 0.15) is 32.1 Å². The summed E-state index contributed by atoms with van der Waals surface area (Å²) >= 11 is 0. The van der Waals surface area contributed by atoms with Crippen molar-refractivity contribution in [3.05, 3.63) is 12.2 Å². The molecule has 0 radical (unpaired) electrons. The van der Waals surface area contributed by atoms with Crippen LogP contribution in [0.2, 0.25) is 0 Å². The fourth-order valence-electron chi connectivity index (χ4n) is 2.68. The van der Waals surface area contributed by atoms with E-state index in [1.807, 2.05) is 0 Å². The maximum atomic E-state index is 11.7. The average molecular weight is 200 g/mol. The molecule has 2 nitrogen and oxygen atoms in total. The van der Waals surface area contributed by atoms with Gasteiger partial charge in [0, 0.05) is 6.26 Å². The predicted molar refractivity (Wildman–Crippen MR) is 53.3 cm³/mol. The van der Waals surface area contributed by atoms with E-state index < -0.39 is 14.6 Å². The zero-order valence-corrected chi connectivity index (χ0v) is 8.81. The Labute approximate surface area is 79.9 Å². The molecule has 74 valence electrons. The molecule has 0 amide bonds. The first-order chi connectivity index (χ1) is 6.04. The van der Waals surface area contributed by atoms with Crippen molar-refractivity contribution in [2.75, 3.05) is 6.26 Å². The third-order valence-corrected chi connectivity index (χ3v) is 5.64. The number of allylic oxidation sites excluding steroid dienone is 2. The number of sulfone groups is 1. The highest BCUT2D eigenvalue weighted by atomic mass is 32.2. The molecule has 2 rings (SSSR count). The Bertz CT molecular complexity index is 329. The molecule has 2 atom stereocenters. The smallest absolute Gasteiger partial charge is 0.153 e. The van der Waals surface area contributed by atoms with Crippen LogP contribution < -0.4 is 0 Å². The maximum absolute atomic E-state index is 11.7. The Morgan fingerprint density at radius 1 is 1.46 bits per heavy atom. The molecule has 0 aromatic rings. The Hall–Kier alpha value is -0.310. The van der Waals surface area contributed by atoms with Gasteiger partial charge in [0.1, 0.15) is 0 Å². The molecule has 0 saturated heterocycles. The van der Waals surface area contributed by atoms with Crippen molar-refractivity contribution in [3.8, 4) is 0 Å². The first-order valence-corrected chi connectivity index (χ1v) is 6.79. The van der Waals surface area contributed by atoms with E-state index in [1.54, 1.807) is 0 Å². The minimum absolute atomic E-state index is 0.398. The van der Waals surface area contributed by atoms with Gasteiger partial charge in [0.15, 0.2) is 9.84 Å². The summed E-state index contributed by atoms with van der Waals surface area (Å²) in [5.74, 6) is 0.525. The Morgan fingerprint density at radius 2 is 2.23 bits per heavy atom. The number of fused-ring (bicyclic) bond motifs is 2. The van der Waals surface area contributed by atoms with E-state index in [9.17, 15) is 8.42 Å². The third kappa shape index (κ3) is 1.43. The van der Waals surface area contributed by atoms with Crippen LogP contribution in [-0.4, -0.2) is 19.4 Å². The van der Waals surface area contributed by atoms with Gasteiger partial charge in [0.05, 0.1) is 4.75 Å². The zero-order valence-electron chi connectivity index (χ0n) is 7.99. The molecule has 0 aliphatic heterocycles. The van der Waals surface area contributed by atoms with Gasteiger partial charge in [-0.25, -0.2) is 8.42 Å². The van der Waals surface area contributed by atoms with E-state index in [2.05, 4.69) is 12.2 Å². The minimum Gasteiger partial charge on any atom is -0.229 e. The molecule has 0 spiro atoms. The van der Waals surface area contributed by atoms with E-state index in [0.29, 0.717) is 5.92 Å². The van der Waals surface area contributed by atoms with E-state index in [4.69, 9.17) is 0 Å². The molecule has 0 heterocycles. The standard InChI is InChI=1S/C10H16O2S/c1-13(11,12)10-6-2-4-9(8-10)5-3-7-10/h2,4,9H,3,5-8H2,1H3. The molecule has 0 aromatic carbocycles. The molecule has 3 heteroatoms. The number of hydrogen-bond donors (Lipinski definition) is 0. The van der Waals surface area contributed by atoms with Crippen LogP contribution in [0.3, 0.4) is 0 Å². The van der Waals surface area contributed by atoms with Crippen molar-refractivity contribution >= 4 is 9.84 Å². The molecule has 0 aromatic heterocycles. The third-order valence-electron chi connectivity index (χ3n) is 3.53. The summed E-state index contributed by atoms with van der Waals surface area (Å²) in [5, 5.41) is 0. The van der Waals surface area contributed by atoms with Crippen molar-refractivity contribution < 1.29 is 8.42 Å². The fraction of sp³-hybridized carbons (Fsp3) is 0.800. The van der Waals surface area contributed by atoms with Crippen LogP contribution in [0.5, 0.6) is 0 Å². The summed E-state index contributed by atoms with van der Waals surface area (Å²) < 4.78 is 23.0. The van der Waals surface area contributed by atoms with Crippen LogP contribution in [0.15, 0.2) is 12.2 Å². The Morgan fingerprint density at radius 3 is 2.85 bits per heavy atom. The molecule has 1 fully saturated rings. The van der Waals surface area contributed by atoms with Gasteiger partial charge >= 0.3 is 0 Å². The lowest BCUT2D eigenvalue weighted by Gasteiger charge is -2.40. The van der Waals surface area contributed by atoms with E-state index in [0.717, 1.165) is 25.7 Å². The molecular formula is C10H16O2S. The Kier molecular flexibility index (Phi) is 2.02. The maximum Gasteiger partial charge on any atom is 0.153 e. The van der Waals surface area contributed by atoms with Crippen molar-refractivity contribution in [1.29, 1.82) is 0 Å². The first kappa shape index (κ1) is 9.25. The molecular weight excluding hydrogens is 184 g/mol. The van der Waals surface area contributed by atoms with Crippen LogP contribution in [-0.2, 0) is 9.84 Å². The van der Waals surface area contributed by atoms with Crippen LogP contribution >= 0.6 is 0 Å². The monoisotopic (exact) mass is 200 g/mol. The van der Waals surface area contributed by atoms with Gasteiger partial charge in [-0.1, -0.05) is 18.6 Å². The zero-order chi connectivity index (χ0) is 9.53. The Balaban J connectivity index is 2.38. The SMILES string of the molecule is CS(=O)(=O)C12CC=CC(CCC1)C2. The lowest BCUT2D eigenvalue weighted by atomic mass is 9.75. The van der Waals surface area contributed by atoms with Crippen LogP contribution in [0.25, 0.3) is 0 Å². The molecule has 1 saturated carbocycles. The highest BCUT2D eigenvalue weighted by Crippen LogP contribution is 2.44. The van der Waals surface area contributed by atoms with Crippen molar-refractivity contribution in [3.63, 3.8) is 0 Å². The number of rotatable bonds is 1. The molecule has 13 heavy (non-hydrogen) atoms. The minimum atomic E-state index is -2.87. The van der Waals surface area contributed by atoms with E-state index >= 15 is 0 Å². The van der Waals surface area contributed by atoms with Gasteiger partial charge in [-0.2, -0.15) is 0 Å². The lowest BCUT2D eigenvalue weighted by molar-refractivity contribution is 0.309. The van der Waals surface area contributed by atoms with Gasteiger partial charge in [-0.3, -0.25) is 0 Å². The highest BCUT2D eigenvalue weighted by molar-refractivity contribution is 7.92. The fourth-order valence-corrected chi connectivity index (χ4v) is 4.11. The molecule has 2 aliphatic rings. The van der Waals surface area contributed by atoms with Crippen LogP contribution in [0.4, 0.5) is 0 Å². The van der Waals surface area contributed by atoms with Gasteiger partial charge in [0.25, 0.3) is 0 Å². The highest BCUT2D eigenvalue weighted by Gasteiger charge is 2.44. The summed E-state index contributed by atoms with van der Waals surface area (Å²) in [5.41, 5.74) is 0. The first-order valence-electron chi connectivity index (χ1n) is 4.90. The normalized spacial score (nSPS) is 39.0. The van der Waals surface area contributed by atoms with Crippen LogP contribution in [0, 0.1) is 5.92 Å². The largest absolute Gasteiger partial charge is 0.229 e. The van der Waals surface area contributed by atoms with Gasteiger partial charge < -0.3 is 0 Å². The topological polar surface area (TPSA) is 34.1 Å². The summed E-state index contributed by atoms with van der Waals surface area (Å²) in [6.45, 7) is 0. The second-order valence-corrected chi connectivity index (χ2v) is 6.85. The van der Waals surface area contributed by atoms with Crippen molar-refractivity contribution in [2.45, 2.75) is 36.9 Å². The summed E-state index contributed by atoms with van der Waals surface area (Å²) in [6, 6.07) is 0. The lowest BCUT2D eigenvalue weighted by Crippen LogP contribution is -2.43. The number of hydrogen-bond acceptors (Lipinski definition) is 2. The van der Waals surface area contributed by atoms with E-state index in [1.165, 1.54) is 12.7 Å². The second-order valence-electron chi connectivity index (χ2n) is 4.44. The van der Waals surface area contributed by atoms with E-state index in [-0.39, 0.29) is 0 Å². The predicted octanol–water partition coefficient (Wildman–Crippen LogP) is 1.92. The van der Waals surface area contributed by atoms with Crippen molar-refractivity contribution in [2.24, 2.45) is 5.92 Å². The quantitative estimate of drug-likeness (QED) is 0.606. The summed E-state index contributed by atoms with van der Waals surface area (Å²) in [4.78, 5) is 0. The van der Waals surface area contributed by atoms with Gasteiger partial charge in [0.2, 0.25) is 0 Å². The summed E-state index contributed by atoms with van der Waals surface area (Å²) in [6.07, 6.45) is 10.4. The summed E-state index contributed by atoms with van der Waals surface area (Å²) in [7, 11) is -2.87. The molecule has 2 bridgehead atoms. The second kappa shape index (κ2) is 2.84. The molecule has 2 aliphatic carbocycles.